The number of rotatable bonds is 2. The van der Waals surface area contributed by atoms with Gasteiger partial charge in [-0.25, -0.2) is 4.39 Å². The van der Waals surface area contributed by atoms with E-state index in [1.54, 1.807) is 12.1 Å². The van der Waals surface area contributed by atoms with Gasteiger partial charge >= 0.3 is 0 Å². The Balaban J connectivity index is 2.96. The molecular formula is C13H17FO. The lowest BCUT2D eigenvalue weighted by molar-refractivity contribution is 0.0936. The summed E-state index contributed by atoms with van der Waals surface area (Å²) in [5.41, 5.74) is 1.02. The van der Waals surface area contributed by atoms with E-state index in [-0.39, 0.29) is 16.8 Å². The Hall–Kier alpha value is -1.18. The molecule has 0 bridgehead atoms. The molecule has 0 atom stereocenters. The van der Waals surface area contributed by atoms with E-state index in [0.29, 0.717) is 6.42 Å². The van der Waals surface area contributed by atoms with Crippen molar-refractivity contribution in [1.29, 1.82) is 0 Å². The maximum atomic E-state index is 13.4. The average molecular weight is 208 g/mol. The molecule has 0 unspecified atom stereocenters. The molecule has 0 radical (unpaired) electrons. The fraction of sp³-hybridized carbons (Fsp3) is 0.462. The van der Waals surface area contributed by atoms with Gasteiger partial charge in [-0.2, -0.15) is 0 Å². The minimum Gasteiger partial charge on any atom is -0.294 e. The molecule has 0 amide bonds. The standard InChI is InChI=1S/C13H17FO/c1-9-5-6-11(14)10(7-9)12(15)8-13(2,3)4/h5-7H,8H2,1-4H3. The van der Waals surface area contributed by atoms with E-state index >= 15 is 0 Å². The van der Waals surface area contributed by atoms with Crippen molar-refractivity contribution in [1.82, 2.24) is 0 Å². The van der Waals surface area contributed by atoms with Crippen molar-refractivity contribution in [2.45, 2.75) is 34.1 Å². The van der Waals surface area contributed by atoms with Gasteiger partial charge in [0.25, 0.3) is 0 Å². The minimum absolute atomic E-state index is 0.104. The zero-order valence-electron chi connectivity index (χ0n) is 9.73. The number of hydrogen-bond donors (Lipinski definition) is 0. The summed E-state index contributed by atoms with van der Waals surface area (Å²) in [6.07, 6.45) is 0.368. The van der Waals surface area contributed by atoms with E-state index in [9.17, 15) is 9.18 Å². The van der Waals surface area contributed by atoms with Gasteiger partial charge < -0.3 is 0 Å². The van der Waals surface area contributed by atoms with Crippen LogP contribution >= 0.6 is 0 Å². The molecule has 0 aromatic heterocycles. The van der Waals surface area contributed by atoms with Crippen molar-refractivity contribution in [3.63, 3.8) is 0 Å². The maximum absolute atomic E-state index is 13.4. The summed E-state index contributed by atoms with van der Waals surface area (Å²) in [7, 11) is 0. The van der Waals surface area contributed by atoms with Crippen molar-refractivity contribution >= 4 is 5.78 Å². The predicted octanol–water partition coefficient (Wildman–Crippen LogP) is 3.75. The largest absolute Gasteiger partial charge is 0.294 e. The Morgan fingerprint density at radius 1 is 1.33 bits per heavy atom. The molecule has 0 spiro atoms. The molecule has 82 valence electrons. The second kappa shape index (κ2) is 4.13. The molecule has 1 aromatic carbocycles. The highest BCUT2D eigenvalue weighted by Crippen LogP contribution is 2.23. The first-order valence-corrected chi connectivity index (χ1v) is 5.09. The Morgan fingerprint density at radius 3 is 2.47 bits per heavy atom. The highest BCUT2D eigenvalue weighted by atomic mass is 19.1. The summed E-state index contributed by atoms with van der Waals surface area (Å²) < 4.78 is 13.4. The molecule has 0 aliphatic carbocycles. The van der Waals surface area contributed by atoms with Crippen LogP contribution in [-0.4, -0.2) is 5.78 Å². The number of carbonyl (C=O) groups is 1. The summed E-state index contributed by atoms with van der Waals surface area (Å²) in [5, 5.41) is 0. The van der Waals surface area contributed by atoms with Crippen LogP contribution in [0, 0.1) is 18.2 Å². The first-order valence-electron chi connectivity index (χ1n) is 5.09. The minimum atomic E-state index is -0.421. The van der Waals surface area contributed by atoms with Crippen molar-refractivity contribution in [3.8, 4) is 0 Å². The predicted molar refractivity (Wildman–Crippen MR) is 59.5 cm³/mol. The average Bonchev–Trinajstić information content (AvgIpc) is 2.06. The van der Waals surface area contributed by atoms with Gasteiger partial charge in [-0.3, -0.25) is 4.79 Å². The zero-order valence-corrected chi connectivity index (χ0v) is 9.73. The molecule has 0 aliphatic heterocycles. The maximum Gasteiger partial charge on any atom is 0.166 e. The molecule has 2 heteroatoms. The zero-order chi connectivity index (χ0) is 11.6. The van der Waals surface area contributed by atoms with Gasteiger partial charge in [0.15, 0.2) is 5.78 Å². The third kappa shape index (κ3) is 3.46. The highest BCUT2D eigenvalue weighted by molar-refractivity contribution is 5.96. The second-order valence-electron chi connectivity index (χ2n) is 5.14. The molecule has 1 nitrogen and oxygen atoms in total. The first-order chi connectivity index (χ1) is 6.79. The van der Waals surface area contributed by atoms with Crippen LogP contribution in [0.5, 0.6) is 0 Å². The number of Topliss-reactive ketones (excluding diaryl/α,β-unsaturated/α-hetero) is 1. The third-order valence-corrected chi connectivity index (χ3v) is 2.11. The van der Waals surface area contributed by atoms with Gasteiger partial charge in [0.05, 0.1) is 5.56 Å². The number of halogens is 1. The van der Waals surface area contributed by atoms with E-state index in [1.165, 1.54) is 6.07 Å². The molecule has 1 aromatic rings. The summed E-state index contributed by atoms with van der Waals surface area (Å²) in [5.74, 6) is -0.543. The first kappa shape index (κ1) is 11.9. The summed E-state index contributed by atoms with van der Waals surface area (Å²) in [4.78, 5) is 11.8. The molecular weight excluding hydrogens is 191 g/mol. The number of aryl methyl sites for hydroxylation is 1. The molecule has 0 fully saturated rings. The molecule has 1 rings (SSSR count). The van der Waals surface area contributed by atoms with E-state index < -0.39 is 5.82 Å². The van der Waals surface area contributed by atoms with Gasteiger partial charge in [0, 0.05) is 6.42 Å². The van der Waals surface area contributed by atoms with E-state index in [4.69, 9.17) is 0 Å². The molecule has 0 heterocycles. The fourth-order valence-corrected chi connectivity index (χ4v) is 1.43. The van der Waals surface area contributed by atoms with Crippen LogP contribution in [0.15, 0.2) is 18.2 Å². The lowest BCUT2D eigenvalue weighted by Crippen LogP contribution is -2.14. The van der Waals surface area contributed by atoms with Gasteiger partial charge in [-0.1, -0.05) is 32.4 Å². The number of carbonyl (C=O) groups excluding carboxylic acids is 1. The van der Waals surface area contributed by atoms with E-state index in [2.05, 4.69) is 0 Å². The topological polar surface area (TPSA) is 17.1 Å². The fourth-order valence-electron chi connectivity index (χ4n) is 1.43. The number of ketones is 1. The van der Waals surface area contributed by atoms with Gasteiger partial charge in [0.2, 0.25) is 0 Å². The molecule has 0 aliphatic rings. The second-order valence-corrected chi connectivity index (χ2v) is 5.14. The summed E-state index contributed by atoms with van der Waals surface area (Å²) in [6, 6.07) is 4.64. The van der Waals surface area contributed by atoms with Crippen LogP contribution in [0.3, 0.4) is 0 Å². The lowest BCUT2D eigenvalue weighted by Gasteiger charge is -2.17. The van der Waals surface area contributed by atoms with Crippen LogP contribution in [-0.2, 0) is 0 Å². The third-order valence-electron chi connectivity index (χ3n) is 2.11. The quantitative estimate of drug-likeness (QED) is 0.676. The SMILES string of the molecule is Cc1ccc(F)c(C(=O)CC(C)(C)C)c1. The normalized spacial score (nSPS) is 11.5. The Labute approximate surface area is 90.3 Å². The summed E-state index contributed by atoms with van der Waals surface area (Å²) in [6.45, 7) is 7.77. The molecule has 0 N–H and O–H groups in total. The van der Waals surface area contributed by atoms with Gasteiger partial charge in [0.1, 0.15) is 5.82 Å². The van der Waals surface area contributed by atoms with Crippen LogP contribution in [0.1, 0.15) is 43.1 Å². The molecule has 15 heavy (non-hydrogen) atoms. The van der Waals surface area contributed by atoms with Gasteiger partial charge in [-0.05, 0) is 24.5 Å². The Morgan fingerprint density at radius 2 is 1.93 bits per heavy atom. The van der Waals surface area contributed by atoms with E-state index in [1.807, 2.05) is 27.7 Å². The van der Waals surface area contributed by atoms with Crippen LogP contribution in [0.4, 0.5) is 4.39 Å². The monoisotopic (exact) mass is 208 g/mol. The lowest BCUT2D eigenvalue weighted by atomic mass is 9.87. The van der Waals surface area contributed by atoms with Crippen LogP contribution < -0.4 is 0 Å². The van der Waals surface area contributed by atoms with Crippen LogP contribution in [0.2, 0.25) is 0 Å². The van der Waals surface area contributed by atoms with Crippen molar-refractivity contribution in [2.24, 2.45) is 5.41 Å². The van der Waals surface area contributed by atoms with Crippen molar-refractivity contribution < 1.29 is 9.18 Å². The smallest absolute Gasteiger partial charge is 0.166 e. The number of benzene rings is 1. The molecule has 0 saturated heterocycles. The van der Waals surface area contributed by atoms with Crippen molar-refractivity contribution in [2.75, 3.05) is 0 Å². The van der Waals surface area contributed by atoms with Crippen molar-refractivity contribution in [3.05, 3.63) is 35.1 Å². The number of hydrogen-bond acceptors (Lipinski definition) is 1. The Kier molecular flexibility index (Phi) is 3.28. The molecule has 0 saturated carbocycles. The van der Waals surface area contributed by atoms with Gasteiger partial charge in [-0.15, -0.1) is 0 Å². The summed E-state index contributed by atoms with van der Waals surface area (Å²) >= 11 is 0. The van der Waals surface area contributed by atoms with Crippen LogP contribution in [0.25, 0.3) is 0 Å². The highest BCUT2D eigenvalue weighted by Gasteiger charge is 2.19. The Bertz CT molecular complexity index is 375. The van der Waals surface area contributed by atoms with E-state index in [0.717, 1.165) is 5.56 Å².